The number of carbonyl (C=O) groups excluding carboxylic acids is 1. The molecule has 0 aliphatic carbocycles. The Morgan fingerprint density at radius 2 is 1.79 bits per heavy atom. The maximum Gasteiger partial charge on any atom is 0.240 e. The molecule has 1 aliphatic heterocycles. The van der Waals surface area contributed by atoms with Crippen LogP contribution in [0.5, 0.6) is 0 Å². The number of benzene rings is 2. The predicted octanol–water partition coefficient (Wildman–Crippen LogP) is 3.57. The van der Waals surface area contributed by atoms with Crippen LogP contribution in [0.15, 0.2) is 59.5 Å². The molecule has 5 nitrogen and oxygen atoms in total. The van der Waals surface area contributed by atoms with Gasteiger partial charge in [-0.3, -0.25) is 4.79 Å². The van der Waals surface area contributed by atoms with Crippen LogP contribution in [0, 0.1) is 5.92 Å². The SMILES string of the molecule is CC[C@@H](C)c1ccc(S(=O)(=O)NC[C@H]2CC(=O)N(CCc3ccccc3)C2)cc1. The third kappa shape index (κ3) is 5.67. The van der Waals surface area contributed by atoms with Crippen LogP contribution < -0.4 is 4.72 Å². The molecule has 1 aliphatic rings. The third-order valence-corrected chi connectivity index (χ3v) is 7.18. The molecule has 0 radical (unpaired) electrons. The van der Waals surface area contributed by atoms with Gasteiger partial charge >= 0.3 is 0 Å². The Bertz CT molecular complexity index is 911. The van der Waals surface area contributed by atoms with Crippen molar-refractivity contribution in [2.75, 3.05) is 19.6 Å². The van der Waals surface area contributed by atoms with Gasteiger partial charge in [0.2, 0.25) is 15.9 Å². The summed E-state index contributed by atoms with van der Waals surface area (Å²) in [6, 6.07) is 17.2. The van der Waals surface area contributed by atoms with Crippen LogP contribution in [0.3, 0.4) is 0 Å². The lowest BCUT2D eigenvalue weighted by molar-refractivity contribution is -0.127. The van der Waals surface area contributed by atoms with Gasteiger partial charge in [0.25, 0.3) is 0 Å². The first-order chi connectivity index (χ1) is 13.9. The van der Waals surface area contributed by atoms with Gasteiger partial charge in [0, 0.05) is 26.1 Å². The van der Waals surface area contributed by atoms with E-state index in [1.807, 2.05) is 35.2 Å². The number of sulfonamides is 1. The maximum atomic E-state index is 12.6. The summed E-state index contributed by atoms with van der Waals surface area (Å²) in [5.41, 5.74) is 2.34. The van der Waals surface area contributed by atoms with Gasteiger partial charge in [0.15, 0.2) is 0 Å². The zero-order chi connectivity index (χ0) is 20.9. The molecular formula is C23H30N2O3S. The highest BCUT2D eigenvalue weighted by atomic mass is 32.2. The molecule has 0 bridgehead atoms. The van der Waals surface area contributed by atoms with E-state index in [0.717, 1.165) is 18.4 Å². The fourth-order valence-corrected chi connectivity index (χ4v) is 4.75. The molecule has 156 valence electrons. The molecule has 1 heterocycles. The summed E-state index contributed by atoms with van der Waals surface area (Å²) in [7, 11) is -3.57. The second-order valence-electron chi connectivity index (χ2n) is 7.88. The molecule has 1 fully saturated rings. The topological polar surface area (TPSA) is 66.5 Å². The van der Waals surface area contributed by atoms with E-state index >= 15 is 0 Å². The minimum atomic E-state index is -3.57. The van der Waals surface area contributed by atoms with Gasteiger partial charge in [-0.2, -0.15) is 0 Å². The van der Waals surface area contributed by atoms with E-state index in [-0.39, 0.29) is 23.3 Å². The molecule has 2 aromatic carbocycles. The normalized spacial score (nSPS) is 18.2. The molecule has 0 spiro atoms. The van der Waals surface area contributed by atoms with Gasteiger partial charge in [-0.1, -0.05) is 56.3 Å². The lowest BCUT2D eigenvalue weighted by Gasteiger charge is -2.17. The summed E-state index contributed by atoms with van der Waals surface area (Å²) in [4.78, 5) is 14.4. The van der Waals surface area contributed by atoms with Crippen molar-refractivity contribution in [1.82, 2.24) is 9.62 Å². The Balaban J connectivity index is 1.52. The van der Waals surface area contributed by atoms with Gasteiger partial charge < -0.3 is 4.90 Å². The van der Waals surface area contributed by atoms with E-state index in [1.165, 1.54) is 5.56 Å². The maximum absolute atomic E-state index is 12.6. The third-order valence-electron chi connectivity index (χ3n) is 5.74. The number of hydrogen-bond donors (Lipinski definition) is 1. The Morgan fingerprint density at radius 3 is 2.45 bits per heavy atom. The number of carbonyl (C=O) groups is 1. The van der Waals surface area contributed by atoms with Crippen LogP contribution >= 0.6 is 0 Å². The zero-order valence-corrected chi connectivity index (χ0v) is 18.0. The van der Waals surface area contributed by atoms with E-state index in [1.54, 1.807) is 12.1 Å². The summed E-state index contributed by atoms with van der Waals surface area (Å²) in [6.07, 6.45) is 2.22. The number of rotatable bonds is 9. The summed E-state index contributed by atoms with van der Waals surface area (Å²) in [5, 5.41) is 0. The smallest absolute Gasteiger partial charge is 0.240 e. The highest BCUT2D eigenvalue weighted by Crippen LogP contribution is 2.21. The van der Waals surface area contributed by atoms with Crippen molar-refractivity contribution >= 4 is 15.9 Å². The Labute approximate surface area is 174 Å². The van der Waals surface area contributed by atoms with Crippen molar-refractivity contribution in [3.05, 3.63) is 65.7 Å². The standard InChI is InChI=1S/C23H30N2O3S/c1-3-18(2)21-9-11-22(12-10-21)29(27,28)24-16-20-15-23(26)25(17-20)14-13-19-7-5-4-6-8-19/h4-12,18,20,24H,3,13-17H2,1-2H3/t18-,20-/m1/s1. The Morgan fingerprint density at radius 1 is 1.10 bits per heavy atom. The fraction of sp³-hybridized carbons (Fsp3) is 0.435. The van der Waals surface area contributed by atoms with Gasteiger partial charge in [-0.25, -0.2) is 13.1 Å². The summed E-state index contributed by atoms with van der Waals surface area (Å²) >= 11 is 0. The van der Waals surface area contributed by atoms with Crippen LogP contribution in [-0.4, -0.2) is 38.9 Å². The Hall–Kier alpha value is -2.18. The molecular weight excluding hydrogens is 384 g/mol. The molecule has 2 aromatic rings. The van der Waals surface area contributed by atoms with Crippen molar-refractivity contribution in [2.45, 2.75) is 43.9 Å². The second-order valence-corrected chi connectivity index (χ2v) is 9.64. The number of likely N-dealkylation sites (tertiary alicyclic amines) is 1. The van der Waals surface area contributed by atoms with Crippen molar-refractivity contribution in [1.29, 1.82) is 0 Å². The fourth-order valence-electron chi connectivity index (χ4n) is 3.64. The van der Waals surface area contributed by atoms with Crippen LogP contribution in [0.4, 0.5) is 0 Å². The average Bonchev–Trinajstić information content (AvgIpc) is 3.10. The minimum Gasteiger partial charge on any atom is -0.342 e. The monoisotopic (exact) mass is 414 g/mol. The van der Waals surface area contributed by atoms with Crippen LogP contribution in [0.1, 0.15) is 43.7 Å². The first kappa shape index (κ1) is 21.5. The van der Waals surface area contributed by atoms with Crippen LogP contribution in [-0.2, 0) is 21.2 Å². The van der Waals surface area contributed by atoms with Gasteiger partial charge in [0.05, 0.1) is 4.90 Å². The molecule has 29 heavy (non-hydrogen) atoms. The van der Waals surface area contributed by atoms with Crippen molar-refractivity contribution in [3.63, 3.8) is 0 Å². The number of amides is 1. The Kier molecular flexibility index (Phi) is 7.09. The van der Waals surface area contributed by atoms with Gasteiger partial charge in [-0.15, -0.1) is 0 Å². The zero-order valence-electron chi connectivity index (χ0n) is 17.2. The molecule has 1 amide bonds. The molecule has 2 atom stereocenters. The lowest BCUT2D eigenvalue weighted by Crippen LogP contribution is -2.32. The molecule has 1 N–H and O–H groups in total. The van der Waals surface area contributed by atoms with Crippen LogP contribution in [0.25, 0.3) is 0 Å². The molecule has 3 rings (SSSR count). The first-order valence-corrected chi connectivity index (χ1v) is 11.8. The minimum absolute atomic E-state index is 0.00688. The first-order valence-electron chi connectivity index (χ1n) is 10.3. The largest absolute Gasteiger partial charge is 0.342 e. The van der Waals surface area contributed by atoms with Crippen LogP contribution in [0.2, 0.25) is 0 Å². The van der Waals surface area contributed by atoms with Crippen molar-refractivity contribution in [2.24, 2.45) is 5.92 Å². The van der Waals surface area contributed by atoms with Gasteiger partial charge in [-0.05, 0) is 47.9 Å². The summed E-state index contributed by atoms with van der Waals surface area (Å²) < 4.78 is 27.9. The molecule has 0 saturated carbocycles. The van der Waals surface area contributed by atoms with E-state index in [9.17, 15) is 13.2 Å². The molecule has 0 aromatic heterocycles. The number of nitrogens with one attached hydrogen (secondary N) is 1. The average molecular weight is 415 g/mol. The molecule has 6 heteroatoms. The number of hydrogen-bond acceptors (Lipinski definition) is 3. The van der Waals surface area contributed by atoms with Crippen molar-refractivity contribution < 1.29 is 13.2 Å². The quantitative estimate of drug-likeness (QED) is 0.682. The van der Waals surface area contributed by atoms with E-state index in [2.05, 4.69) is 30.7 Å². The van der Waals surface area contributed by atoms with E-state index in [0.29, 0.717) is 25.4 Å². The van der Waals surface area contributed by atoms with E-state index in [4.69, 9.17) is 0 Å². The molecule has 1 saturated heterocycles. The highest BCUT2D eigenvalue weighted by Gasteiger charge is 2.30. The van der Waals surface area contributed by atoms with Crippen molar-refractivity contribution in [3.8, 4) is 0 Å². The lowest BCUT2D eigenvalue weighted by atomic mass is 9.99. The predicted molar refractivity (Wildman–Crippen MR) is 115 cm³/mol. The second kappa shape index (κ2) is 9.55. The summed E-state index contributed by atoms with van der Waals surface area (Å²) in [6.45, 7) is 5.79. The van der Waals surface area contributed by atoms with E-state index < -0.39 is 10.0 Å². The summed E-state index contributed by atoms with van der Waals surface area (Å²) in [5.74, 6) is 0.515. The highest BCUT2D eigenvalue weighted by molar-refractivity contribution is 7.89. The molecule has 0 unspecified atom stereocenters. The number of nitrogens with zero attached hydrogens (tertiary/aromatic N) is 1. The van der Waals surface area contributed by atoms with Gasteiger partial charge in [0.1, 0.15) is 0 Å².